The fraction of sp³-hybridized carbons (Fsp3) is 0.750. The van der Waals surface area contributed by atoms with E-state index < -0.39 is 0 Å². The number of rotatable bonds is 7. The van der Waals surface area contributed by atoms with E-state index in [0.29, 0.717) is 0 Å². The molecule has 0 bridgehead atoms. The fourth-order valence-electron chi connectivity index (χ4n) is 1.73. The van der Waals surface area contributed by atoms with Crippen LogP contribution >= 0.6 is 0 Å². The van der Waals surface area contributed by atoms with Crippen molar-refractivity contribution in [1.29, 1.82) is 0 Å². The Hall–Kier alpha value is -0.870. The molecule has 0 radical (unpaired) electrons. The molecule has 1 aliphatic carbocycles. The fourth-order valence-corrected chi connectivity index (χ4v) is 1.73. The van der Waals surface area contributed by atoms with Crippen LogP contribution in [0.3, 0.4) is 0 Å². The van der Waals surface area contributed by atoms with Crippen LogP contribution < -0.4 is 5.73 Å². The molecule has 90 valence electrons. The average Bonchev–Trinajstić information content (AvgIpc) is 3.01. The van der Waals surface area contributed by atoms with Crippen LogP contribution in [0, 0.1) is 5.92 Å². The minimum atomic E-state index is 0.0888. The van der Waals surface area contributed by atoms with Gasteiger partial charge in [0.2, 0.25) is 0 Å². The minimum absolute atomic E-state index is 0.0888. The van der Waals surface area contributed by atoms with E-state index in [-0.39, 0.29) is 6.04 Å². The molecule has 16 heavy (non-hydrogen) atoms. The molecule has 2 rings (SSSR count). The predicted octanol–water partition coefficient (Wildman–Crippen LogP) is 1.72. The largest absolute Gasteiger partial charge is 0.379 e. The first-order valence-corrected chi connectivity index (χ1v) is 6.14. The van der Waals surface area contributed by atoms with E-state index in [1.54, 1.807) is 0 Å². The number of nitrogens with zero attached hydrogens (tertiary/aromatic N) is 2. The maximum Gasteiger partial charge on any atom is 0.0949 e. The van der Waals surface area contributed by atoms with E-state index >= 15 is 0 Å². The molecule has 1 fully saturated rings. The molecule has 1 atom stereocenters. The summed E-state index contributed by atoms with van der Waals surface area (Å²) in [7, 11) is 0. The summed E-state index contributed by atoms with van der Waals surface area (Å²) in [5.74, 6) is 0.833. The number of imidazole rings is 1. The second-order valence-corrected chi connectivity index (χ2v) is 4.54. The van der Waals surface area contributed by atoms with Gasteiger partial charge in [-0.2, -0.15) is 0 Å². The molecule has 0 saturated heterocycles. The number of nitrogens with two attached hydrogens (primary N) is 1. The highest BCUT2D eigenvalue weighted by atomic mass is 16.5. The topological polar surface area (TPSA) is 53.1 Å². The zero-order chi connectivity index (χ0) is 11.4. The van der Waals surface area contributed by atoms with Crippen molar-refractivity contribution in [3.63, 3.8) is 0 Å². The van der Waals surface area contributed by atoms with E-state index in [4.69, 9.17) is 10.5 Å². The third-order valence-electron chi connectivity index (χ3n) is 3.09. The van der Waals surface area contributed by atoms with Crippen LogP contribution in [0.1, 0.15) is 37.9 Å². The predicted molar refractivity (Wildman–Crippen MR) is 63.0 cm³/mol. The maximum atomic E-state index is 6.00. The molecule has 4 heteroatoms. The lowest BCUT2D eigenvalue weighted by Crippen LogP contribution is -2.16. The number of hydrogen-bond donors (Lipinski definition) is 1. The molecule has 0 unspecified atom stereocenters. The molecule has 0 spiro atoms. The molecule has 1 heterocycles. The van der Waals surface area contributed by atoms with Crippen molar-refractivity contribution in [2.75, 3.05) is 13.2 Å². The third-order valence-corrected chi connectivity index (χ3v) is 3.09. The van der Waals surface area contributed by atoms with Crippen LogP contribution in [0.25, 0.3) is 0 Å². The SMILES string of the molecule is CC[C@@H](N)c1cncn1CCOCC1CC1. The minimum Gasteiger partial charge on any atom is -0.379 e. The second-order valence-electron chi connectivity index (χ2n) is 4.54. The Labute approximate surface area is 96.8 Å². The second kappa shape index (κ2) is 5.46. The van der Waals surface area contributed by atoms with Gasteiger partial charge in [0.1, 0.15) is 0 Å². The highest BCUT2D eigenvalue weighted by Gasteiger charge is 2.21. The lowest BCUT2D eigenvalue weighted by atomic mass is 10.2. The zero-order valence-corrected chi connectivity index (χ0v) is 9.93. The summed E-state index contributed by atoms with van der Waals surface area (Å²) in [6, 6.07) is 0.0888. The molecular formula is C12H21N3O. The van der Waals surface area contributed by atoms with Crippen molar-refractivity contribution >= 4 is 0 Å². The van der Waals surface area contributed by atoms with Gasteiger partial charge in [0.05, 0.1) is 18.6 Å². The van der Waals surface area contributed by atoms with Crippen molar-refractivity contribution in [3.8, 4) is 0 Å². The van der Waals surface area contributed by atoms with Crippen LogP contribution in [-0.2, 0) is 11.3 Å². The first-order chi connectivity index (χ1) is 7.81. The van der Waals surface area contributed by atoms with Gasteiger partial charge in [0, 0.05) is 25.4 Å². The quantitative estimate of drug-likeness (QED) is 0.716. The standard InChI is InChI=1S/C12H21N3O/c1-2-11(13)12-7-14-9-15(12)5-6-16-8-10-3-4-10/h7,9-11H,2-6,8,13H2,1H3/t11-/m1/s1. The van der Waals surface area contributed by atoms with Gasteiger partial charge in [-0.05, 0) is 25.2 Å². The molecule has 4 nitrogen and oxygen atoms in total. The Kier molecular flexibility index (Phi) is 3.96. The van der Waals surface area contributed by atoms with Crippen molar-refractivity contribution in [1.82, 2.24) is 9.55 Å². The van der Waals surface area contributed by atoms with Gasteiger partial charge in [-0.25, -0.2) is 4.98 Å². The molecule has 0 aromatic carbocycles. The molecule has 1 aliphatic rings. The zero-order valence-electron chi connectivity index (χ0n) is 9.93. The first kappa shape index (κ1) is 11.6. The van der Waals surface area contributed by atoms with Crippen LogP contribution in [0.4, 0.5) is 0 Å². The Morgan fingerprint density at radius 2 is 2.44 bits per heavy atom. The van der Waals surface area contributed by atoms with Gasteiger partial charge in [-0.3, -0.25) is 0 Å². The van der Waals surface area contributed by atoms with Crippen molar-refractivity contribution in [3.05, 3.63) is 18.2 Å². The smallest absolute Gasteiger partial charge is 0.0949 e. The van der Waals surface area contributed by atoms with E-state index in [2.05, 4.69) is 16.5 Å². The molecule has 1 aromatic rings. The van der Waals surface area contributed by atoms with Gasteiger partial charge >= 0.3 is 0 Å². The van der Waals surface area contributed by atoms with Gasteiger partial charge in [-0.1, -0.05) is 6.92 Å². The summed E-state index contributed by atoms with van der Waals surface area (Å²) < 4.78 is 7.71. The number of hydrogen-bond acceptors (Lipinski definition) is 3. The number of ether oxygens (including phenoxy) is 1. The number of aromatic nitrogens is 2. The van der Waals surface area contributed by atoms with Crippen molar-refractivity contribution < 1.29 is 4.74 Å². The van der Waals surface area contributed by atoms with Crippen LogP contribution in [0.15, 0.2) is 12.5 Å². The Balaban J connectivity index is 1.76. The van der Waals surface area contributed by atoms with E-state index in [0.717, 1.165) is 37.8 Å². The molecule has 0 aliphatic heterocycles. The van der Waals surface area contributed by atoms with E-state index in [9.17, 15) is 0 Å². The average molecular weight is 223 g/mol. The summed E-state index contributed by atoms with van der Waals surface area (Å²) >= 11 is 0. The van der Waals surface area contributed by atoms with Crippen molar-refractivity contribution in [2.45, 2.75) is 38.8 Å². The highest BCUT2D eigenvalue weighted by molar-refractivity contribution is 5.04. The lowest BCUT2D eigenvalue weighted by Gasteiger charge is -2.12. The normalized spacial score (nSPS) is 17.6. The first-order valence-electron chi connectivity index (χ1n) is 6.14. The summed E-state index contributed by atoms with van der Waals surface area (Å²) in [5.41, 5.74) is 7.11. The summed E-state index contributed by atoms with van der Waals surface area (Å²) in [6.07, 6.45) is 7.32. The maximum absolute atomic E-state index is 6.00. The molecule has 1 saturated carbocycles. The third kappa shape index (κ3) is 3.06. The Bertz CT molecular complexity index is 320. The lowest BCUT2D eigenvalue weighted by molar-refractivity contribution is 0.116. The summed E-state index contributed by atoms with van der Waals surface area (Å²) in [6.45, 7) is 4.63. The van der Waals surface area contributed by atoms with E-state index in [1.807, 2.05) is 12.5 Å². The van der Waals surface area contributed by atoms with Gasteiger partial charge in [0.15, 0.2) is 0 Å². The van der Waals surface area contributed by atoms with Gasteiger partial charge < -0.3 is 15.0 Å². The van der Waals surface area contributed by atoms with Crippen LogP contribution in [-0.4, -0.2) is 22.8 Å². The van der Waals surface area contributed by atoms with Gasteiger partial charge in [0.25, 0.3) is 0 Å². The molecule has 2 N–H and O–H groups in total. The summed E-state index contributed by atoms with van der Waals surface area (Å²) in [5, 5.41) is 0. The van der Waals surface area contributed by atoms with Gasteiger partial charge in [-0.15, -0.1) is 0 Å². The highest BCUT2D eigenvalue weighted by Crippen LogP contribution is 2.28. The molecule has 0 amide bonds. The van der Waals surface area contributed by atoms with Crippen LogP contribution in [0.5, 0.6) is 0 Å². The van der Waals surface area contributed by atoms with Crippen LogP contribution in [0.2, 0.25) is 0 Å². The monoisotopic (exact) mass is 223 g/mol. The Morgan fingerprint density at radius 3 is 3.12 bits per heavy atom. The Morgan fingerprint density at radius 1 is 1.62 bits per heavy atom. The molecular weight excluding hydrogens is 202 g/mol. The molecule has 1 aromatic heterocycles. The summed E-state index contributed by atoms with van der Waals surface area (Å²) in [4.78, 5) is 4.14. The van der Waals surface area contributed by atoms with E-state index in [1.165, 1.54) is 12.8 Å². The van der Waals surface area contributed by atoms with Crippen molar-refractivity contribution in [2.24, 2.45) is 11.7 Å².